The first-order valence-corrected chi connectivity index (χ1v) is 6.63. The van der Waals surface area contributed by atoms with Crippen molar-refractivity contribution in [2.24, 2.45) is 0 Å². The van der Waals surface area contributed by atoms with E-state index in [2.05, 4.69) is 15.2 Å². The van der Waals surface area contributed by atoms with Gasteiger partial charge in [0.15, 0.2) is 0 Å². The predicted molar refractivity (Wildman–Crippen MR) is 75.5 cm³/mol. The molecule has 20 heavy (non-hydrogen) atoms. The second-order valence-electron chi connectivity index (χ2n) is 4.54. The highest BCUT2D eigenvalue weighted by molar-refractivity contribution is 6.31. The predicted octanol–water partition coefficient (Wildman–Crippen LogP) is 3.50. The third-order valence-electron chi connectivity index (χ3n) is 3.08. The summed E-state index contributed by atoms with van der Waals surface area (Å²) in [5.41, 5.74) is 1.70. The van der Waals surface area contributed by atoms with Gasteiger partial charge in [-0.1, -0.05) is 47.1 Å². The second kappa shape index (κ2) is 5.09. The SMILES string of the molecule is Cc1nn(C(C)c2nc(-c3ccccc3)no2)cc1Cl. The number of hydrogen-bond acceptors (Lipinski definition) is 4. The molecule has 3 rings (SSSR count). The molecule has 0 radical (unpaired) electrons. The lowest BCUT2D eigenvalue weighted by Crippen LogP contribution is -2.07. The van der Waals surface area contributed by atoms with Crippen LogP contribution in [0.3, 0.4) is 0 Å². The molecule has 102 valence electrons. The fraction of sp³-hybridized carbons (Fsp3) is 0.214. The smallest absolute Gasteiger partial charge is 0.251 e. The van der Waals surface area contributed by atoms with Gasteiger partial charge in [-0.3, -0.25) is 4.68 Å². The topological polar surface area (TPSA) is 56.7 Å². The molecule has 6 heteroatoms. The largest absolute Gasteiger partial charge is 0.337 e. The summed E-state index contributed by atoms with van der Waals surface area (Å²) in [5, 5.41) is 8.95. The Morgan fingerprint density at radius 3 is 2.65 bits per heavy atom. The van der Waals surface area contributed by atoms with Crippen LogP contribution in [0.1, 0.15) is 24.6 Å². The van der Waals surface area contributed by atoms with Gasteiger partial charge in [0.2, 0.25) is 5.82 Å². The number of aryl methyl sites for hydroxylation is 1. The highest BCUT2D eigenvalue weighted by Crippen LogP contribution is 2.22. The third kappa shape index (κ3) is 2.32. The number of halogens is 1. The first-order chi connectivity index (χ1) is 9.65. The molecule has 0 spiro atoms. The van der Waals surface area contributed by atoms with Gasteiger partial charge in [0.25, 0.3) is 5.89 Å². The number of aromatic nitrogens is 4. The molecule has 2 aromatic heterocycles. The van der Waals surface area contributed by atoms with E-state index in [0.29, 0.717) is 16.7 Å². The van der Waals surface area contributed by atoms with Crippen molar-refractivity contribution in [2.45, 2.75) is 19.9 Å². The number of hydrogen-bond donors (Lipinski definition) is 0. The van der Waals surface area contributed by atoms with E-state index in [0.717, 1.165) is 11.3 Å². The standard InChI is InChI=1S/C14H13ClN4O/c1-9-12(15)8-19(17-9)10(2)14-16-13(18-20-14)11-6-4-3-5-7-11/h3-8,10H,1-2H3. The monoisotopic (exact) mass is 288 g/mol. The maximum Gasteiger partial charge on any atom is 0.251 e. The van der Waals surface area contributed by atoms with Crippen LogP contribution in [0.15, 0.2) is 41.1 Å². The van der Waals surface area contributed by atoms with Crippen LogP contribution < -0.4 is 0 Å². The van der Waals surface area contributed by atoms with E-state index in [1.54, 1.807) is 10.9 Å². The van der Waals surface area contributed by atoms with Gasteiger partial charge >= 0.3 is 0 Å². The molecule has 0 amide bonds. The lowest BCUT2D eigenvalue weighted by Gasteiger charge is -2.05. The van der Waals surface area contributed by atoms with Gasteiger partial charge < -0.3 is 4.52 Å². The number of nitrogens with zero attached hydrogens (tertiary/aromatic N) is 4. The van der Waals surface area contributed by atoms with Gasteiger partial charge in [0.1, 0.15) is 6.04 Å². The molecule has 0 N–H and O–H groups in total. The van der Waals surface area contributed by atoms with Crippen LogP contribution >= 0.6 is 11.6 Å². The van der Waals surface area contributed by atoms with Crippen LogP contribution in [-0.2, 0) is 0 Å². The average molecular weight is 289 g/mol. The Kier molecular flexibility index (Phi) is 3.28. The molecule has 0 aliphatic heterocycles. The molecular formula is C14H13ClN4O. The Hall–Kier alpha value is -2.14. The number of benzene rings is 1. The Morgan fingerprint density at radius 2 is 2.00 bits per heavy atom. The molecule has 2 heterocycles. The minimum Gasteiger partial charge on any atom is -0.337 e. The zero-order chi connectivity index (χ0) is 14.1. The van der Waals surface area contributed by atoms with Gasteiger partial charge in [-0.15, -0.1) is 0 Å². The van der Waals surface area contributed by atoms with Crippen molar-refractivity contribution >= 4 is 11.6 Å². The van der Waals surface area contributed by atoms with Gasteiger partial charge in [-0.2, -0.15) is 10.1 Å². The summed E-state index contributed by atoms with van der Waals surface area (Å²) in [6.07, 6.45) is 1.76. The maximum absolute atomic E-state index is 6.01. The Morgan fingerprint density at radius 1 is 1.25 bits per heavy atom. The van der Waals surface area contributed by atoms with E-state index >= 15 is 0 Å². The second-order valence-corrected chi connectivity index (χ2v) is 4.95. The molecule has 1 unspecified atom stereocenters. The third-order valence-corrected chi connectivity index (χ3v) is 3.46. The lowest BCUT2D eigenvalue weighted by atomic mass is 10.2. The fourth-order valence-corrected chi connectivity index (χ4v) is 2.02. The molecule has 5 nitrogen and oxygen atoms in total. The van der Waals surface area contributed by atoms with Crippen molar-refractivity contribution in [3.05, 3.63) is 53.1 Å². The zero-order valence-corrected chi connectivity index (χ0v) is 11.9. The molecule has 0 aliphatic rings. The van der Waals surface area contributed by atoms with Crippen molar-refractivity contribution in [1.82, 2.24) is 19.9 Å². The highest BCUT2D eigenvalue weighted by Gasteiger charge is 2.18. The van der Waals surface area contributed by atoms with Crippen molar-refractivity contribution < 1.29 is 4.52 Å². The molecular weight excluding hydrogens is 276 g/mol. The zero-order valence-electron chi connectivity index (χ0n) is 11.1. The molecule has 1 aromatic carbocycles. The van der Waals surface area contributed by atoms with Crippen LogP contribution in [0, 0.1) is 6.92 Å². The summed E-state index contributed by atoms with van der Waals surface area (Å²) < 4.78 is 7.04. The molecule has 0 aliphatic carbocycles. The van der Waals surface area contributed by atoms with E-state index in [-0.39, 0.29) is 6.04 Å². The van der Waals surface area contributed by atoms with Gasteiger partial charge in [0, 0.05) is 11.8 Å². The van der Waals surface area contributed by atoms with Gasteiger partial charge in [-0.25, -0.2) is 0 Å². The van der Waals surface area contributed by atoms with Crippen molar-refractivity contribution in [3.8, 4) is 11.4 Å². The molecule has 0 fully saturated rings. The first kappa shape index (κ1) is 12.9. The van der Waals surface area contributed by atoms with Crippen LogP contribution in [0.5, 0.6) is 0 Å². The van der Waals surface area contributed by atoms with Crippen molar-refractivity contribution in [3.63, 3.8) is 0 Å². The van der Waals surface area contributed by atoms with Crippen LogP contribution in [0.4, 0.5) is 0 Å². The molecule has 0 bridgehead atoms. The van der Waals surface area contributed by atoms with E-state index < -0.39 is 0 Å². The van der Waals surface area contributed by atoms with E-state index in [1.165, 1.54) is 0 Å². The summed E-state index contributed by atoms with van der Waals surface area (Å²) >= 11 is 6.01. The summed E-state index contributed by atoms with van der Waals surface area (Å²) in [6, 6.07) is 9.53. The van der Waals surface area contributed by atoms with Crippen LogP contribution in [-0.4, -0.2) is 19.9 Å². The summed E-state index contributed by atoms with van der Waals surface area (Å²) in [5.74, 6) is 1.07. The van der Waals surface area contributed by atoms with Gasteiger partial charge in [0.05, 0.1) is 10.7 Å². The average Bonchev–Trinajstić information content (AvgIpc) is 3.07. The van der Waals surface area contributed by atoms with E-state index in [1.807, 2.05) is 44.2 Å². The number of rotatable bonds is 3. The molecule has 1 atom stereocenters. The fourth-order valence-electron chi connectivity index (χ4n) is 1.88. The normalized spacial score (nSPS) is 12.6. The summed E-state index contributed by atoms with van der Waals surface area (Å²) in [7, 11) is 0. The summed E-state index contributed by atoms with van der Waals surface area (Å²) in [6.45, 7) is 3.79. The Bertz CT molecular complexity index is 700. The Labute approximate surface area is 121 Å². The summed E-state index contributed by atoms with van der Waals surface area (Å²) in [4.78, 5) is 4.41. The van der Waals surface area contributed by atoms with Crippen molar-refractivity contribution in [2.75, 3.05) is 0 Å². The maximum atomic E-state index is 6.01. The molecule has 0 saturated heterocycles. The Balaban J connectivity index is 1.90. The highest BCUT2D eigenvalue weighted by atomic mass is 35.5. The van der Waals surface area contributed by atoms with Gasteiger partial charge in [-0.05, 0) is 13.8 Å². The minimum atomic E-state index is -0.161. The molecule has 3 aromatic rings. The van der Waals surface area contributed by atoms with Crippen LogP contribution in [0.2, 0.25) is 5.02 Å². The minimum absolute atomic E-state index is 0.161. The van der Waals surface area contributed by atoms with E-state index in [4.69, 9.17) is 16.1 Å². The van der Waals surface area contributed by atoms with Crippen molar-refractivity contribution in [1.29, 1.82) is 0 Å². The van der Waals surface area contributed by atoms with Crippen LogP contribution in [0.25, 0.3) is 11.4 Å². The lowest BCUT2D eigenvalue weighted by molar-refractivity contribution is 0.336. The van der Waals surface area contributed by atoms with E-state index in [9.17, 15) is 0 Å². The molecule has 0 saturated carbocycles. The first-order valence-electron chi connectivity index (χ1n) is 6.25. The quantitative estimate of drug-likeness (QED) is 0.740.